The van der Waals surface area contributed by atoms with Crippen LogP contribution in [0.4, 0.5) is 5.69 Å². The maximum Gasteiger partial charge on any atom is 0.228 e. The maximum atomic E-state index is 12.8. The topological polar surface area (TPSA) is 39.2 Å². The second kappa shape index (κ2) is 7.51. The van der Waals surface area contributed by atoms with Gasteiger partial charge in [0.2, 0.25) is 5.91 Å². The van der Waals surface area contributed by atoms with Gasteiger partial charge in [-0.2, -0.15) is 0 Å². The van der Waals surface area contributed by atoms with Crippen LogP contribution in [0.2, 0.25) is 0 Å². The number of carbonyl (C=O) groups excluding carboxylic acids is 1. The van der Waals surface area contributed by atoms with Crippen molar-refractivity contribution in [1.29, 1.82) is 0 Å². The summed E-state index contributed by atoms with van der Waals surface area (Å²) in [5.41, 5.74) is 2.36. The molecule has 2 aromatic rings. The number of aliphatic imine (C=N–C) groups is 1. The Morgan fingerprint density at radius 1 is 1.00 bits per heavy atom. The molecule has 28 heavy (non-hydrogen) atoms. The molecule has 2 aromatic carbocycles. The van der Waals surface area contributed by atoms with Crippen LogP contribution in [0.1, 0.15) is 12.8 Å². The molecule has 3 heterocycles. The number of nitrogens with zero attached hydrogens (tertiary/aromatic N) is 4. The Kier molecular flexibility index (Phi) is 4.72. The summed E-state index contributed by atoms with van der Waals surface area (Å²) in [5.74, 6) is 0.233. The third kappa shape index (κ3) is 3.37. The Morgan fingerprint density at radius 2 is 1.82 bits per heavy atom. The molecule has 3 aliphatic rings. The third-order valence-electron chi connectivity index (χ3n) is 5.73. The van der Waals surface area contributed by atoms with Crippen LogP contribution >= 0.6 is 11.8 Å². The monoisotopic (exact) mass is 392 g/mol. The van der Waals surface area contributed by atoms with Crippen molar-refractivity contribution in [3.63, 3.8) is 0 Å². The molecule has 144 valence electrons. The molecular formula is C22H24N4OS. The Morgan fingerprint density at radius 3 is 2.68 bits per heavy atom. The predicted octanol–water partition coefficient (Wildman–Crippen LogP) is 3.53. The number of piperazine rings is 1. The third-order valence-corrected chi connectivity index (χ3v) is 6.68. The Balaban J connectivity index is 1.20. The smallest absolute Gasteiger partial charge is 0.228 e. The molecule has 1 amide bonds. The summed E-state index contributed by atoms with van der Waals surface area (Å²) in [4.78, 5) is 24.0. The molecule has 0 bridgehead atoms. The van der Waals surface area contributed by atoms with Gasteiger partial charge >= 0.3 is 0 Å². The fraction of sp³-hybridized carbons (Fsp3) is 0.364. The van der Waals surface area contributed by atoms with E-state index in [4.69, 9.17) is 0 Å². The minimum Gasteiger partial charge on any atom is -0.368 e. The molecule has 0 saturated carbocycles. The number of hydrogen-bond donors (Lipinski definition) is 0. The number of thioether (sulfide) groups is 1. The van der Waals surface area contributed by atoms with E-state index in [9.17, 15) is 4.79 Å². The highest BCUT2D eigenvalue weighted by molar-refractivity contribution is 8.16. The van der Waals surface area contributed by atoms with Crippen LogP contribution in [0, 0.1) is 0 Å². The zero-order valence-corrected chi connectivity index (χ0v) is 16.7. The fourth-order valence-electron chi connectivity index (χ4n) is 4.13. The molecule has 1 fully saturated rings. The molecule has 5 rings (SSSR count). The highest BCUT2D eigenvalue weighted by Crippen LogP contribution is 2.31. The molecule has 0 radical (unpaired) electrons. The standard InChI is InChI=1S/C22H24N4OS/c27-21(15-20-16-28-22-23-8-3-9-26(20)22)25-12-10-24(11-13-25)19-7-6-17-4-1-2-5-18(17)14-19/h1-2,4-7,14,16H,3,8-13,15H2. The molecule has 0 spiro atoms. The second-order valence-corrected chi connectivity index (χ2v) is 8.31. The number of benzene rings is 2. The number of amides is 1. The van der Waals surface area contributed by atoms with Gasteiger partial charge in [-0.1, -0.05) is 42.1 Å². The van der Waals surface area contributed by atoms with Crippen LogP contribution in [0.5, 0.6) is 0 Å². The van der Waals surface area contributed by atoms with Gasteiger partial charge in [-0.15, -0.1) is 0 Å². The molecule has 0 atom stereocenters. The van der Waals surface area contributed by atoms with Gasteiger partial charge in [-0.05, 0) is 34.7 Å². The lowest BCUT2D eigenvalue weighted by Gasteiger charge is -2.36. The van der Waals surface area contributed by atoms with E-state index in [-0.39, 0.29) is 5.91 Å². The number of hydrogen-bond acceptors (Lipinski definition) is 5. The van der Waals surface area contributed by atoms with E-state index >= 15 is 0 Å². The second-order valence-electron chi connectivity index (χ2n) is 7.47. The first-order valence-corrected chi connectivity index (χ1v) is 10.9. The summed E-state index contributed by atoms with van der Waals surface area (Å²) in [5, 5.41) is 5.70. The Hall–Kier alpha value is -2.47. The summed E-state index contributed by atoms with van der Waals surface area (Å²) < 4.78 is 0. The minimum atomic E-state index is 0.233. The minimum absolute atomic E-state index is 0.233. The van der Waals surface area contributed by atoms with E-state index in [1.165, 1.54) is 16.5 Å². The summed E-state index contributed by atoms with van der Waals surface area (Å²) in [7, 11) is 0. The van der Waals surface area contributed by atoms with Crippen LogP contribution < -0.4 is 4.90 Å². The van der Waals surface area contributed by atoms with Crippen LogP contribution in [-0.2, 0) is 4.79 Å². The first-order chi connectivity index (χ1) is 13.8. The maximum absolute atomic E-state index is 12.8. The lowest BCUT2D eigenvalue weighted by atomic mass is 10.1. The number of carbonyl (C=O) groups is 1. The largest absolute Gasteiger partial charge is 0.368 e. The van der Waals surface area contributed by atoms with Crippen molar-refractivity contribution in [3.05, 3.63) is 53.6 Å². The highest BCUT2D eigenvalue weighted by atomic mass is 32.2. The van der Waals surface area contributed by atoms with Crippen LogP contribution in [0.25, 0.3) is 10.8 Å². The molecule has 5 nitrogen and oxygen atoms in total. The summed E-state index contributed by atoms with van der Waals surface area (Å²) in [6.45, 7) is 5.23. The summed E-state index contributed by atoms with van der Waals surface area (Å²) in [6, 6.07) is 15.1. The number of rotatable bonds is 3. The van der Waals surface area contributed by atoms with Crippen molar-refractivity contribution in [2.45, 2.75) is 12.8 Å². The van der Waals surface area contributed by atoms with Crippen molar-refractivity contribution in [2.24, 2.45) is 4.99 Å². The molecule has 0 aromatic heterocycles. The number of fused-ring (bicyclic) bond motifs is 2. The van der Waals surface area contributed by atoms with Gasteiger partial charge in [-0.25, -0.2) is 0 Å². The van der Waals surface area contributed by atoms with Gasteiger partial charge in [0.15, 0.2) is 5.17 Å². The zero-order chi connectivity index (χ0) is 18.9. The SMILES string of the molecule is O=C(CC1=CSC2=NCCCN12)N1CCN(c2ccc3ccccc3c2)CC1. The molecule has 0 N–H and O–H groups in total. The first-order valence-electron chi connectivity index (χ1n) is 9.97. The van der Waals surface area contributed by atoms with Crippen LogP contribution in [0.15, 0.2) is 58.6 Å². The van der Waals surface area contributed by atoms with Crippen LogP contribution in [0.3, 0.4) is 0 Å². The van der Waals surface area contributed by atoms with Crippen molar-refractivity contribution in [2.75, 3.05) is 44.2 Å². The van der Waals surface area contributed by atoms with E-state index < -0.39 is 0 Å². The molecular weight excluding hydrogens is 368 g/mol. The van der Waals surface area contributed by atoms with E-state index in [1.807, 2.05) is 4.90 Å². The summed E-state index contributed by atoms with van der Waals surface area (Å²) in [6.07, 6.45) is 1.56. The molecule has 0 unspecified atom stereocenters. The quantitative estimate of drug-likeness (QED) is 0.801. The molecule has 0 aliphatic carbocycles. The number of anilines is 1. The predicted molar refractivity (Wildman–Crippen MR) is 117 cm³/mol. The van der Waals surface area contributed by atoms with Gasteiger partial charge < -0.3 is 14.7 Å². The van der Waals surface area contributed by atoms with Crippen molar-refractivity contribution < 1.29 is 4.79 Å². The lowest BCUT2D eigenvalue weighted by molar-refractivity contribution is -0.130. The van der Waals surface area contributed by atoms with Gasteiger partial charge in [0.25, 0.3) is 0 Å². The Labute approximate surface area is 169 Å². The van der Waals surface area contributed by atoms with Gasteiger partial charge in [0.05, 0.1) is 6.42 Å². The molecule has 6 heteroatoms. The Bertz CT molecular complexity index is 962. The normalized spacial score (nSPS) is 19.5. The zero-order valence-electron chi connectivity index (χ0n) is 15.9. The van der Waals surface area contributed by atoms with Gasteiger partial charge in [0, 0.05) is 50.7 Å². The van der Waals surface area contributed by atoms with E-state index in [1.54, 1.807) is 11.8 Å². The van der Waals surface area contributed by atoms with E-state index in [0.717, 1.165) is 56.6 Å². The van der Waals surface area contributed by atoms with E-state index in [2.05, 4.69) is 62.7 Å². The highest BCUT2D eigenvalue weighted by Gasteiger charge is 2.28. The van der Waals surface area contributed by atoms with Gasteiger partial charge in [-0.3, -0.25) is 9.79 Å². The van der Waals surface area contributed by atoms with Crippen molar-refractivity contribution in [1.82, 2.24) is 9.80 Å². The molecule has 3 aliphatic heterocycles. The first kappa shape index (κ1) is 17.6. The lowest BCUT2D eigenvalue weighted by Crippen LogP contribution is -2.49. The number of amidine groups is 1. The molecule has 1 saturated heterocycles. The van der Waals surface area contributed by atoms with Crippen LogP contribution in [-0.4, -0.2) is 60.1 Å². The van der Waals surface area contributed by atoms with E-state index in [0.29, 0.717) is 6.42 Å². The fourth-order valence-corrected chi connectivity index (χ4v) is 5.08. The summed E-state index contributed by atoms with van der Waals surface area (Å²) >= 11 is 1.66. The average Bonchev–Trinajstić information content (AvgIpc) is 3.16. The van der Waals surface area contributed by atoms with Crippen molar-refractivity contribution >= 4 is 39.3 Å². The van der Waals surface area contributed by atoms with Crippen molar-refractivity contribution in [3.8, 4) is 0 Å². The average molecular weight is 393 g/mol. The van der Waals surface area contributed by atoms with Gasteiger partial charge in [0.1, 0.15) is 0 Å².